The fourth-order valence-corrected chi connectivity index (χ4v) is 6.40. The van der Waals surface area contributed by atoms with Gasteiger partial charge in [-0.3, -0.25) is 0 Å². The Kier molecular flexibility index (Phi) is 6.48. The lowest BCUT2D eigenvalue weighted by atomic mass is 10.0. The van der Waals surface area contributed by atoms with Crippen LogP contribution >= 0.6 is 0 Å². The molecular weight excluding hydrogens is 418 g/mol. The summed E-state index contributed by atoms with van der Waals surface area (Å²) in [7, 11) is -3.54. The standard InChI is InChI=1S/C22H31N3O5S/c1-14-12-15(2)17(4)21(16(14)3)31(26,27)25-9-7-18(8-10-25)29-13-20-23-22(30-24-20)19-6-5-11-28-19/h12,18-19H,5-11,13H2,1-4H3. The fraction of sp³-hybridized carbons (Fsp3) is 0.636. The first-order valence-electron chi connectivity index (χ1n) is 10.9. The highest BCUT2D eigenvalue weighted by Crippen LogP contribution is 2.31. The van der Waals surface area contributed by atoms with Crippen LogP contribution in [-0.2, 0) is 26.1 Å². The minimum atomic E-state index is -3.54. The molecule has 31 heavy (non-hydrogen) atoms. The van der Waals surface area contributed by atoms with Crippen molar-refractivity contribution in [1.82, 2.24) is 14.4 Å². The number of hydrogen-bond acceptors (Lipinski definition) is 7. The molecule has 9 heteroatoms. The minimum absolute atomic E-state index is 0.0300. The topological polar surface area (TPSA) is 94.8 Å². The van der Waals surface area contributed by atoms with Gasteiger partial charge in [0.15, 0.2) is 5.82 Å². The number of hydrogen-bond donors (Lipinski definition) is 0. The predicted molar refractivity (Wildman–Crippen MR) is 114 cm³/mol. The normalized spacial score (nSPS) is 21.1. The zero-order valence-electron chi connectivity index (χ0n) is 18.7. The largest absolute Gasteiger partial charge is 0.370 e. The van der Waals surface area contributed by atoms with Crippen molar-refractivity contribution >= 4 is 10.0 Å². The lowest BCUT2D eigenvalue weighted by Gasteiger charge is -2.32. The summed E-state index contributed by atoms with van der Waals surface area (Å²) in [4.78, 5) is 4.83. The first kappa shape index (κ1) is 22.4. The number of aryl methyl sites for hydroxylation is 2. The molecule has 2 fully saturated rings. The van der Waals surface area contributed by atoms with Crippen LogP contribution in [-0.4, -0.2) is 48.7 Å². The van der Waals surface area contributed by atoms with E-state index in [2.05, 4.69) is 10.1 Å². The zero-order chi connectivity index (χ0) is 22.2. The maximum atomic E-state index is 13.4. The Hall–Kier alpha value is -1.81. The summed E-state index contributed by atoms with van der Waals surface area (Å²) in [6.07, 6.45) is 3.04. The number of aromatic nitrogens is 2. The van der Waals surface area contributed by atoms with E-state index in [-0.39, 0.29) is 18.8 Å². The van der Waals surface area contributed by atoms with E-state index >= 15 is 0 Å². The number of rotatable bonds is 6. The van der Waals surface area contributed by atoms with E-state index in [9.17, 15) is 8.42 Å². The van der Waals surface area contributed by atoms with E-state index < -0.39 is 10.0 Å². The van der Waals surface area contributed by atoms with Crippen LogP contribution in [0.1, 0.15) is 65.8 Å². The lowest BCUT2D eigenvalue weighted by Crippen LogP contribution is -2.41. The van der Waals surface area contributed by atoms with Crippen LogP contribution in [0.25, 0.3) is 0 Å². The summed E-state index contributed by atoms with van der Waals surface area (Å²) in [6.45, 7) is 9.55. The molecule has 1 aromatic heterocycles. The third-order valence-corrected chi connectivity index (χ3v) is 8.61. The molecule has 170 valence electrons. The maximum Gasteiger partial charge on any atom is 0.255 e. The minimum Gasteiger partial charge on any atom is -0.370 e. The molecule has 4 rings (SSSR count). The molecule has 3 heterocycles. The van der Waals surface area contributed by atoms with Gasteiger partial charge < -0.3 is 14.0 Å². The van der Waals surface area contributed by atoms with Gasteiger partial charge in [0.05, 0.1) is 11.0 Å². The van der Waals surface area contributed by atoms with E-state index in [0.717, 1.165) is 41.7 Å². The van der Waals surface area contributed by atoms with Gasteiger partial charge in [-0.1, -0.05) is 11.2 Å². The first-order chi connectivity index (χ1) is 14.8. The van der Waals surface area contributed by atoms with Gasteiger partial charge in [-0.25, -0.2) is 8.42 Å². The van der Waals surface area contributed by atoms with E-state index in [1.807, 2.05) is 33.8 Å². The van der Waals surface area contributed by atoms with Crippen molar-refractivity contribution in [3.63, 3.8) is 0 Å². The van der Waals surface area contributed by atoms with Gasteiger partial charge in [-0.2, -0.15) is 9.29 Å². The van der Waals surface area contributed by atoms with Crippen molar-refractivity contribution in [2.45, 2.75) is 77.1 Å². The van der Waals surface area contributed by atoms with Gasteiger partial charge in [-0.05, 0) is 75.6 Å². The molecule has 1 aromatic carbocycles. The maximum absolute atomic E-state index is 13.4. The van der Waals surface area contributed by atoms with E-state index in [1.165, 1.54) is 0 Å². The molecule has 0 spiro atoms. The van der Waals surface area contributed by atoms with E-state index in [0.29, 0.717) is 42.5 Å². The average Bonchev–Trinajstić information content (AvgIpc) is 3.43. The van der Waals surface area contributed by atoms with Gasteiger partial charge >= 0.3 is 0 Å². The molecule has 2 aliphatic heterocycles. The highest BCUT2D eigenvalue weighted by atomic mass is 32.2. The molecule has 0 bridgehead atoms. The van der Waals surface area contributed by atoms with Gasteiger partial charge in [0, 0.05) is 19.7 Å². The molecule has 0 amide bonds. The molecule has 0 N–H and O–H groups in total. The summed E-state index contributed by atoms with van der Waals surface area (Å²) in [6, 6.07) is 2.05. The van der Waals surface area contributed by atoms with Crippen molar-refractivity contribution in [2.75, 3.05) is 19.7 Å². The highest BCUT2D eigenvalue weighted by Gasteiger charge is 2.33. The molecule has 2 saturated heterocycles. The van der Waals surface area contributed by atoms with Crippen LogP contribution in [0.4, 0.5) is 0 Å². The molecule has 0 saturated carbocycles. The monoisotopic (exact) mass is 449 g/mol. The molecule has 2 aliphatic rings. The zero-order valence-corrected chi connectivity index (χ0v) is 19.5. The molecule has 8 nitrogen and oxygen atoms in total. The summed E-state index contributed by atoms with van der Waals surface area (Å²) in [5, 5.41) is 3.98. The van der Waals surface area contributed by atoms with E-state index in [1.54, 1.807) is 4.31 Å². The van der Waals surface area contributed by atoms with E-state index in [4.69, 9.17) is 14.0 Å². The molecule has 1 atom stereocenters. The Bertz CT molecular complexity index is 1010. The second-order valence-corrected chi connectivity index (χ2v) is 10.4. The second kappa shape index (κ2) is 8.97. The fourth-order valence-electron chi connectivity index (χ4n) is 4.36. The molecule has 1 unspecified atom stereocenters. The smallest absolute Gasteiger partial charge is 0.255 e. The van der Waals surface area contributed by atoms with Gasteiger partial charge in [0.1, 0.15) is 12.7 Å². The average molecular weight is 450 g/mol. The van der Waals surface area contributed by atoms with Crippen LogP contribution in [0.15, 0.2) is 15.5 Å². The van der Waals surface area contributed by atoms with Crippen molar-refractivity contribution in [1.29, 1.82) is 0 Å². The van der Waals surface area contributed by atoms with Crippen LogP contribution in [0.5, 0.6) is 0 Å². The highest BCUT2D eigenvalue weighted by molar-refractivity contribution is 7.89. The summed E-state index contributed by atoms with van der Waals surface area (Å²) >= 11 is 0. The van der Waals surface area contributed by atoms with Crippen molar-refractivity contribution in [3.05, 3.63) is 40.0 Å². The lowest BCUT2D eigenvalue weighted by molar-refractivity contribution is 0.00636. The van der Waals surface area contributed by atoms with Crippen LogP contribution in [0, 0.1) is 27.7 Å². The Morgan fingerprint density at radius 1 is 1.10 bits per heavy atom. The van der Waals surface area contributed by atoms with Crippen molar-refractivity contribution in [3.8, 4) is 0 Å². The Morgan fingerprint density at radius 2 is 1.77 bits per heavy atom. The molecular formula is C22H31N3O5S. The number of ether oxygens (including phenoxy) is 2. The molecule has 2 aromatic rings. The van der Waals surface area contributed by atoms with Gasteiger partial charge in [-0.15, -0.1) is 0 Å². The Morgan fingerprint density at radius 3 is 2.39 bits per heavy atom. The van der Waals surface area contributed by atoms with Gasteiger partial charge in [0.25, 0.3) is 5.89 Å². The quantitative estimate of drug-likeness (QED) is 0.666. The Balaban J connectivity index is 1.35. The van der Waals surface area contributed by atoms with Gasteiger partial charge in [0.2, 0.25) is 10.0 Å². The van der Waals surface area contributed by atoms with Crippen molar-refractivity contribution in [2.24, 2.45) is 0 Å². The SMILES string of the molecule is Cc1cc(C)c(C)c(S(=O)(=O)N2CCC(OCc3noc(C4CCCO4)n3)CC2)c1C. The predicted octanol–water partition coefficient (Wildman–Crippen LogP) is 3.52. The summed E-state index contributed by atoms with van der Waals surface area (Å²) in [5.41, 5.74) is 3.67. The second-order valence-electron chi connectivity index (χ2n) is 8.55. The molecule has 0 radical (unpaired) electrons. The van der Waals surface area contributed by atoms with Crippen molar-refractivity contribution < 1.29 is 22.4 Å². The third kappa shape index (κ3) is 4.55. The van der Waals surface area contributed by atoms with Crippen LogP contribution in [0.2, 0.25) is 0 Å². The van der Waals surface area contributed by atoms with Crippen LogP contribution < -0.4 is 0 Å². The summed E-state index contributed by atoms with van der Waals surface area (Å²) < 4.78 is 45.2. The Labute approximate surface area is 184 Å². The van der Waals surface area contributed by atoms with Crippen LogP contribution in [0.3, 0.4) is 0 Å². The number of sulfonamides is 1. The first-order valence-corrected chi connectivity index (χ1v) is 12.3. The number of nitrogens with zero attached hydrogens (tertiary/aromatic N) is 3. The summed E-state index contributed by atoms with van der Waals surface area (Å²) in [5.74, 6) is 1.01. The third-order valence-electron chi connectivity index (χ3n) is 6.43. The number of piperidine rings is 1. The molecule has 0 aliphatic carbocycles. The number of benzene rings is 1.